The molecule has 16 heteroatoms. The third-order valence-electron chi connectivity index (χ3n) is 14.9. The number of hydrogen-bond donors (Lipinski definition) is 2. The SMILES string of the molecule is COc1ccccc1N1CCN(CCCCNC(=O)c2ccc(-c3cn(Cc4ccc(-c5ccc(Cn6cc(-c7ccc(C(=O)NCCCCN8CCN(c9ccccc9OC)CC8)cc7)nn6)cc5)cc4)nn3)cc2)CC1. The van der Waals surface area contributed by atoms with E-state index in [9.17, 15) is 9.59 Å². The van der Waals surface area contributed by atoms with Crippen molar-refractivity contribution < 1.29 is 19.1 Å². The summed E-state index contributed by atoms with van der Waals surface area (Å²) in [5.74, 6) is 1.71. The van der Waals surface area contributed by atoms with Gasteiger partial charge in [-0.05, 0) is 110 Å². The van der Waals surface area contributed by atoms with Gasteiger partial charge in [0, 0.05) is 87.7 Å². The zero-order valence-corrected chi connectivity index (χ0v) is 44.8. The number of piperazine rings is 2. The van der Waals surface area contributed by atoms with E-state index in [1.807, 2.05) is 94.6 Å². The molecule has 0 saturated carbocycles. The highest BCUT2D eigenvalue weighted by Crippen LogP contribution is 2.30. The molecule has 2 aliphatic heterocycles. The normalized spacial score (nSPS) is 14.1. The van der Waals surface area contributed by atoms with Gasteiger partial charge in [0.05, 0.1) is 51.1 Å². The van der Waals surface area contributed by atoms with Gasteiger partial charge in [-0.2, -0.15) is 0 Å². The maximum Gasteiger partial charge on any atom is 0.251 e. The molecular weight excluding hydrogens is 977 g/mol. The molecule has 2 saturated heterocycles. The van der Waals surface area contributed by atoms with Crippen LogP contribution >= 0.6 is 0 Å². The van der Waals surface area contributed by atoms with Gasteiger partial charge in [-0.15, -0.1) is 10.2 Å². The number of amides is 2. The van der Waals surface area contributed by atoms with Crippen LogP contribution in [0.2, 0.25) is 0 Å². The largest absolute Gasteiger partial charge is 0.495 e. The van der Waals surface area contributed by atoms with Gasteiger partial charge in [0.15, 0.2) is 0 Å². The standard InChI is InChI=1S/C62H70N12O4/c1-77-59-13-5-3-11-57(59)71-39-35-69(36-40-71)33-9-7-31-63-61(75)53-27-23-51(24-28-53)55-45-73(67-65-55)43-47-15-19-49(20-16-47)50-21-17-48(18-22-50)44-74-46-56(66-68-74)52-25-29-54(30-26-52)62(76)64-32-8-10-34-70-37-41-72(42-38-70)58-12-4-6-14-60(58)78-2/h3-6,11-30,45-46H,7-10,31-44H2,1-2H3,(H,63,75)(H,64,76). The molecule has 10 rings (SSSR count). The lowest BCUT2D eigenvalue weighted by Gasteiger charge is -2.36. The van der Waals surface area contributed by atoms with Gasteiger partial charge >= 0.3 is 0 Å². The first-order valence-electron chi connectivity index (χ1n) is 27.3. The highest BCUT2D eigenvalue weighted by atomic mass is 16.5. The van der Waals surface area contributed by atoms with Gasteiger partial charge in [0.25, 0.3) is 11.8 Å². The lowest BCUT2D eigenvalue weighted by molar-refractivity contribution is 0.0944. The average molecular weight is 1050 g/mol. The predicted molar refractivity (Wildman–Crippen MR) is 307 cm³/mol. The minimum absolute atomic E-state index is 0.0657. The number of nitrogens with one attached hydrogen (secondary N) is 2. The Morgan fingerprint density at radius 1 is 0.449 bits per heavy atom. The lowest BCUT2D eigenvalue weighted by atomic mass is 10.0. The highest BCUT2D eigenvalue weighted by Gasteiger charge is 2.21. The molecule has 2 aliphatic rings. The fourth-order valence-electron chi connectivity index (χ4n) is 10.3. The number of hydrogen-bond acceptors (Lipinski definition) is 12. The molecule has 2 N–H and O–H groups in total. The van der Waals surface area contributed by atoms with Crippen LogP contribution in [0.15, 0.2) is 158 Å². The van der Waals surface area contributed by atoms with Crippen molar-refractivity contribution in [3.63, 3.8) is 0 Å². The number of para-hydroxylation sites is 4. The van der Waals surface area contributed by atoms with Crippen molar-refractivity contribution in [3.8, 4) is 45.1 Å². The van der Waals surface area contributed by atoms with Crippen molar-refractivity contribution in [1.29, 1.82) is 0 Å². The smallest absolute Gasteiger partial charge is 0.251 e. The maximum absolute atomic E-state index is 12.9. The summed E-state index contributed by atoms with van der Waals surface area (Å²) in [6.45, 7) is 12.5. The Kier molecular flexibility index (Phi) is 17.8. The minimum Gasteiger partial charge on any atom is -0.495 e. The van der Waals surface area contributed by atoms with Crippen LogP contribution in [0, 0.1) is 0 Å². The van der Waals surface area contributed by atoms with E-state index in [2.05, 4.69) is 124 Å². The van der Waals surface area contributed by atoms with Crippen molar-refractivity contribution in [2.45, 2.75) is 38.8 Å². The molecular formula is C62H70N12O4. The summed E-state index contributed by atoms with van der Waals surface area (Å²) in [5, 5.41) is 23.8. The zero-order valence-electron chi connectivity index (χ0n) is 44.8. The van der Waals surface area contributed by atoms with Crippen molar-refractivity contribution in [2.24, 2.45) is 0 Å². The van der Waals surface area contributed by atoms with Crippen molar-refractivity contribution >= 4 is 23.2 Å². The highest BCUT2D eigenvalue weighted by molar-refractivity contribution is 5.95. The number of carbonyl (C=O) groups is 2. The van der Waals surface area contributed by atoms with Crippen LogP contribution in [0.5, 0.6) is 11.5 Å². The predicted octanol–water partition coefficient (Wildman–Crippen LogP) is 8.65. The number of carbonyl (C=O) groups excluding carboxylic acids is 2. The van der Waals surface area contributed by atoms with Crippen LogP contribution in [-0.4, -0.2) is 144 Å². The first-order valence-corrected chi connectivity index (χ1v) is 27.3. The monoisotopic (exact) mass is 1050 g/mol. The van der Waals surface area contributed by atoms with Gasteiger partial charge in [-0.1, -0.05) is 107 Å². The molecule has 78 heavy (non-hydrogen) atoms. The molecule has 2 amide bonds. The van der Waals surface area contributed by atoms with Crippen LogP contribution < -0.4 is 29.9 Å². The molecule has 402 valence electrons. The Labute approximate surface area is 457 Å². The third-order valence-corrected chi connectivity index (χ3v) is 14.9. The summed E-state index contributed by atoms with van der Waals surface area (Å²) in [7, 11) is 3.45. The molecule has 0 aliphatic carbocycles. The molecule has 16 nitrogen and oxygen atoms in total. The van der Waals surface area contributed by atoms with Crippen LogP contribution in [0.4, 0.5) is 11.4 Å². The molecule has 8 aromatic rings. The summed E-state index contributed by atoms with van der Waals surface area (Å²) in [4.78, 5) is 35.7. The average Bonchev–Trinajstić information content (AvgIpc) is 4.18. The second-order valence-electron chi connectivity index (χ2n) is 20.1. The molecule has 2 fully saturated rings. The van der Waals surface area contributed by atoms with Gasteiger partial charge in [-0.25, -0.2) is 9.36 Å². The van der Waals surface area contributed by atoms with Crippen molar-refractivity contribution in [1.82, 2.24) is 50.4 Å². The van der Waals surface area contributed by atoms with Crippen LogP contribution in [0.3, 0.4) is 0 Å². The van der Waals surface area contributed by atoms with Gasteiger partial charge in [0.1, 0.15) is 22.9 Å². The van der Waals surface area contributed by atoms with Gasteiger partial charge < -0.3 is 29.9 Å². The summed E-state index contributed by atoms with van der Waals surface area (Å²) < 4.78 is 14.8. The van der Waals surface area contributed by atoms with Gasteiger partial charge in [-0.3, -0.25) is 19.4 Å². The third kappa shape index (κ3) is 13.8. The summed E-state index contributed by atoms with van der Waals surface area (Å²) >= 11 is 0. The molecule has 0 bridgehead atoms. The number of methoxy groups -OCH3 is 2. The number of nitrogens with zero attached hydrogens (tertiary/aromatic N) is 10. The minimum atomic E-state index is -0.0657. The zero-order chi connectivity index (χ0) is 53.5. The number of anilines is 2. The van der Waals surface area contributed by atoms with E-state index in [0.29, 0.717) is 37.3 Å². The van der Waals surface area contributed by atoms with Crippen molar-refractivity contribution in [3.05, 3.63) is 180 Å². The molecule has 4 heterocycles. The van der Waals surface area contributed by atoms with E-state index in [1.54, 1.807) is 14.2 Å². The Balaban J connectivity index is 0.607. The summed E-state index contributed by atoms with van der Waals surface area (Å²) in [6, 6.07) is 48.5. The van der Waals surface area contributed by atoms with E-state index < -0.39 is 0 Å². The first-order chi connectivity index (χ1) is 38.3. The van der Waals surface area contributed by atoms with Crippen LogP contribution in [-0.2, 0) is 13.1 Å². The Morgan fingerprint density at radius 3 is 1.21 bits per heavy atom. The number of rotatable bonds is 23. The second-order valence-corrected chi connectivity index (χ2v) is 20.1. The molecule has 0 unspecified atom stereocenters. The number of benzene rings is 6. The number of ether oxygens (including phenoxy) is 2. The van der Waals surface area contributed by atoms with E-state index in [-0.39, 0.29) is 11.8 Å². The lowest BCUT2D eigenvalue weighted by Crippen LogP contribution is -2.46. The molecule has 2 aromatic heterocycles. The second kappa shape index (κ2) is 26.1. The Hall–Kier alpha value is -8.34. The Bertz CT molecular complexity index is 2960. The molecule has 6 aromatic carbocycles. The van der Waals surface area contributed by atoms with Crippen molar-refractivity contribution in [2.75, 3.05) is 103 Å². The fraction of sp³-hybridized carbons (Fsp3) is 0.323. The summed E-state index contributed by atoms with van der Waals surface area (Å²) in [6.07, 6.45) is 7.81. The number of unbranched alkanes of at least 4 members (excludes halogenated alkanes) is 2. The van der Waals surface area contributed by atoms with Crippen LogP contribution in [0.25, 0.3) is 33.6 Å². The quantitative estimate of drug-likeness (QED) is 0.0591. The summed E-state index contributed by atoms with van der Waals surface area (Å²) in [5.41, 5.74) is 11.4. The van der Waals surface area contributed by atoms with E-state index in [4.69, 9.17) is 9.47 Å². The van der Waals surface area contributed by atoms with E-state index >= 15 is 0 Å². The number of aromatic nitrogens is 6. The Morgan fingerprint density at radius 2 is 0.821 bits per heavy atom. The first kappa shape index (κ1) is 53.1. The molecule has 0 spiro atoms. The van der Waals surface area contributed by atoms with Crippen LogP contribution in [0.1, 0.15) is 57.5 Å². The maximum atomic E-state index is 12.9. The molecule has 0 atom stereocenters. The van der Waals surface area contributed by atoms with Gasteiger partial charge in [0.2, 0.25) is 0 Å². The molecule has 0 radical (unpaired) electrons. The fourth-order valence-corrected chi connectivity index (χ4v) is 10.3. The topological polar surface area (TPSA) is 151 Å². The van der Waals surface area contributed by atoms with E-state index in [1.165, 1.54) is 0 Å². The van der Waals surface area contributed by atoms with E-state index in [0.717, 1.165) is 159 Å².